The summed E-state index contributed by atoms with van der Waals surface area (Å²) >= 11 is 0. The third-order valence-electron chi connectivity index (χ3n) is 3.62. The highest BCUT2D eigenvalue weighted by atomic mass is 16.3. The van der Waals surface area contributed by atoms with Crippen LogP contribution in [0.1, 0.15) is 36.5 Å². The van der Waals surface area contributed by atoms with Crippen molar-refractivity contribution in [1.29, 1.82) is 0 Å². The van der Waals surface area contributed by atoms with Crippen molar-refractivity contribution < 1.29 is 9.90 Å². The first-order chi connectivity index (χ1) is 8.68. The van der Waals surface area contributed by atoms with Crippen molar-refractivity contribution >= 4 is 5.91 Å². The molecule has 0 heterocycles. The normalized spacial score (nSPS) is 24.8. The Morgan fingerprint density at radius 2 is 2.06 bits per heavy atom. The van der Waals surface area contributed by atoms with E-state index >= 15 is 0 Å². The molecule has 1 saturated carbocycles. The number of aliphatic hydroxyl groups is 1. The molecule has 18 heavy (non-hydrogen) atoms. The van der Waals surface area contributed by atoms with Crippen LogP contribution in [0.3, 0.4) is 0 Å². The summed E-state index contributed by atoms with van der Waals surface area (Å²) < 4.78 is 0. The van der Waals surface area contributed by atoms with Gasteiger partial charge in [-0.25, -0.2) is 5.43 Å². The van der Waals surface area contributed by atoms with Gasteiger partial charge < -0.3 is 5.11 Å². The maximum atomic E-state index is 11.8. The van der Waals surface area contributed by atoms with Crippen LogP contribution < -0.4 is 10.9 Å². The first kappa shape index (κ1) is 13.1. The van der Waals surface area contributed by atoms with E-state index in [9.17, 15) is 9.90 Å². The molecule has 1 fully saturated rings. The monoisotopic (exact) mass is 248 g/mol. The topological polar surface area (TPSA) is 61.4 Å². The van der Waals surface area contributed by atoms with Crippen LogP contribution in [-0.4, -0.2) is 23.2 Å². The highest BCUT2D eigenvalue weighted by molar-refractivity contribution is 5.93. The molecule has 0 aromatic heterocycles. The van der Waals surface area contributed by atoms with Crippen molar-refractivity contribution in [3.8, 4) is 0 Å². The van der Waals surface area contributed by atoms with Gasteiger partial charge in [-0.1, -0.05) is 24.6 Å². The van der Waals surface area contributed by atoms with Crippen LogP contribution >= 0.6 is 0 Å². The first-order valence-corrected chi connectivity index (χ1v) is 6.47. The number of aliphatic hydroxyl groups excluding tert-OH is 1. The summed E-state index contributed by atoms with van der Waals surface area (Å²) in [7, 11) is 0. The van der Waals surface area contributed by atoms with Crippen LogP contribution in [0, 0.1) is 5.92 Å². The molecule has 1 aliphatic carbocycles. The Morgan fingerprint density at radius 3 is 2.67 bits per heavy atom. The lowest BCUT2D eigenvalue weighted by atomic mass is 9.98. The van der Waals surface area contributed by atoms with E-state index in [1.807, 2.05) is 25.1 Å². The van der Waals surface area contributed by atoms with Crippen molar-refractivity contribution in [2.45, 2.75) is 38.3 Å². The van der Waals surface area contributed by atoms with Crippen molar-refractivity contribution in [2.24, 2.45) is 5.92 Å². The summed E-state index contributed by atoms with van der Waals surface area (Å²) in [6, 6.07) is 9.16. The van der Waals surface area contributed by atoms with Crippen LogP contribution in [-0.2, 0) is 0 Å². The average molecular weight is 248 g/mol. The molecule has 0 radical (unpaired) electrons. The number of hydrazine groups is 1. The molecule has 3 N–H and O–H groups in total. The number of hydrogen-bond donors (Lipinski definition) is 3. The molecule has 0 unspecified atom stereocenters. The third kappa shape index (κ3) is 3.09. The predicted molar refractivity (Wildman–Crippen MR) is 69.9 cm³/mol. The maximum absolute atomic E-state index is 11.8. The molecule has 0 aliphatic heterocycles. The largest absolute Gasteiger partial charge is 0.393 e. The molecule has 1 amide bonds. The van der Waals surface area contributed by atoms with Crippen LogP contribution in [0.5, 0.6) is 0 Å². The highest BCUT2D eigenvalue weighted by Gasteiger charge is 2.30. The zero-order valence-electron chi connectivity index (χ0n) is 10.6. The second-order valence-electron chi connectivity index (χ2n) is 4.92. The van der Waals surface area contributed by atoms with Crippen LogP contribution in [0.2, 0.25) is 0 Å². The number of carbonyl (C=O) groups is 1. The fourth-order valence-electron chi connectivity index (χ4n) is 2.50. The fraction of sp³-hybridized carbons (Fsp3) is 0.500. The summed E-state index contributed by atoms with van der Waals surface area (Å²) in [5.41, 5.74) is 6.32. The molecule has 1 aliphatic rings. The lowest BCUT2D eigenvalue weighted by molar-refractivity contribution is 0.0864. The van der Waals surface area contributed by atoms with Gasteiger partial charge in [0.2, 0.25) is 0 Å². The molecule has 0 bridgehead atoms. The van der Waals surface area contributed by atoms with Crippen molar-refractivity contribution in [3.05, 3.63) is 35.9 Å². The van der Waals surface area contributed by atoms with Gasteiger partial charge in [-0.3, -0.25) is 10.2 Å². The number of rotatable bonds is 4. The molecule has 2 rings (SSSR count). The standard InChI is InChI=1S/C14H20N2O2/c1-10(12-8-5-9-13(12)17)15-16-14(18)11-6-3-2-4-7-11/h2-4,6-7,10,12-13,15,17H,5,8-9H2,1H3,(H,16,18)/t10-,12+,13+/m1/s1. The SMILES string of the molecule is C[C@@H](NNC(=O)c1ccccc1)[C@@H]1CCC[C@@H]1O. The van der Waals surface area contributed by atoms with Gasteiger partial charge in [0.1, 0.15) is 0 Å². The van der Waals surface area contributed by atoms with E-state index in [0.29, 0.717) is 5.56 Å². The molecule has 4 heteroatoms. The lowest BCUT2D eigenvalue weighted by Gasteiger charge is -2.23. The van der Waals surface area contributed by atoms with Crippen LogP contribution in [0.15, 0.2) is 30.3 Å². The van der Waals surface area contributed by atoms with Gasteiger partial charge in [-0.2, -0.15) is 0 Å². The zero-order chi connectivity index (χ0) is 13.0. The first-order valence-electron chi connectivity index (χ1n) is 6.47. The quantitative estimate of drug-likeness (QED) is 0.707. The van der Waals surface area contributed by atoms with E-state index in [1.165, 1.54) is 0 Å². The number of amides is 1. The van der Waals surface area contributed by atoms with Gasteiger partial charge in [0, 0.05) is 17.5 Å². The van der Waals surface area contributed by atoms with E-state index in [-0.39, 0.29) is 24.0 Å². The average Bonchev–Trinajstić information content (AvgIpc) is 2.83. The number of carbonyl (C=O) groups excluding carboxylic acids is 1. The Bertz CT molecular complexity index is 394. The van der Waals surface area contributed by atoms with Gasteiger partial charge in [0.05, 0.1) is 6.10 Å². The van der Waals surface area contributed by atoms with E-state index in [1.54, 1.807) is 12.1 Å². The van der Waals surface area contributed by atoms with Gasteiger partial charge in [-0.05, 0) is 31.9 Å². The van der Waals surface area contributed by atoms with E-state index in [2.05, 4.69) is 10.9 Å². The number of nitrogens with one attached hydrogen (secondary N) is 2. The number of hydrogen-bond acceptors (Lipinski definition) is 3. The molecular weight excluding hydrogens is 228 g/mol. The molecule has 3 atom stereocenters. The molecule has 4 nitrogen and oxygen atoms in total. The Kier molecular flexibility index (Phi) is 4.33. The summed E-state index contributed by atoms with van der Waals surface area (Å²) in [6.45, 7) is 1.99. The van der Waals surface area contributed by atoms with Crippen LogP contribution in [0.25, 0.3) is 0 Å². The molecule has 1 aromatic rings. The Hall–Kier alpha value is -1.39. The predicted octanol–water partition coefficient (Wildman–Crippen LogP) is 1.47. The highest BCUT2D eigenvalue weighted by Crippen LogP contribution is 2.27. The van der Waals surface area contributed by atoms with Gasteiger partial charge in [0.15, 0.2) is 0 Å². The minimum atomic E-state index is -0.249. The van der Waals surface area contributed by atoms with E-state index < -0.39 is 0 Å². The Labute approximate surface area is 107 Å². The van der Waals surface area contributed by atoms with E-state index in [4.69, 9.17) is 0 Å². The molecule has 0 saturated heterocycles. The zero-order valence-corrected chi connectivity index (χ0v) is 10.6. The Balaban J connectivity index is 1.83. The molecule has 0 spiro atoms. The van der Waals surface area contributed by atoms with Crippen LogP contribution in [0.4, 0.5) is 0 Å². The fourth-order valence-corrected chi connectivity index (χ4v) is 2.50. The van der Waals surface area contributed by atoms with Crippen molar-refractivity contribution in [1.82, 2.24) is 10.9 Å². The molecular formula is C14H20N2O2. The minimum Gasteiger partial charge on any atom is -0.393 e. The molecule has 1 aromatic carbocycles. The van der Waals surface area contributed by atoms with Crippen molar-refractivity contribution in [2.75, 3.05) is 0 Å². The number of benzene rings is 1. The van der Waals surface area contributed by atoms with E-state index in [0.717, 1.165) is 19.3 Å². The van der Waals surface area contributed by atoms with Crippen molar-refractivity contribution in [3.63, 3.8) is 0 Å². The second-order valence-corrected chi connectivity index (χ2v) is 4.92. The Morgan fingerprint density at radius 1 is 1.33 bits per heavy atom. The maximum Gasteiger partial charge on any atom is 0.265 e. The minimum absolute atomic E-state index is 0.0789. The third-order valence-corrected chi connectivity index (χ3v) is 3.62. The second kappa shape index (κ2) is 5.98. The van der Waals surface area contributed by atoms with Gasteiger partial charge in [-0.15, -0.1) is 0 Å². The summed E-state index contributed by atoms with van der Waals surface area (Å²) in [4.78, 5) is 11.8. The summed E-state index contributed by atoms with van der Waals surface area (Å²) in [6.07, 6.45) is 2.69. The summed E-state index contributed by atoms with van der Waals surface area (Å²) in [5.74, 6) is 0.0796. The lowest BCUT2D eigenvalue weighted by Crippen LogP contribution is -2.47. The van der Waals surface area contributed by atoms with Gasteiger partial charge >= 0.3 is 0 Å². The smallest absolute Gasteiger partial charge is 0.265 e. The van der Waals surface area contributed by atoms with Gasteiger partial charge in [0.25, 0.3) is 5.91 Å². The molecule has 98 valence electrons. The summed E-state index contributed by atoms with van der Waals surface area (Å²) in [5, 5.41) is 9.79.